The van der Waals surface area contributed by atoms with Crippen molar-refractivity contribution in [2.24, 2.45) is 34.5 Å². The zero-order chi connectivity index (χ0) is 21.0. The van der Waals surface area contributed by atoms with Crippen molar-refractivity contribution >= 4 is 11.8 Å². The van der Waals surface area contributed by atoms with Crippen LogP contribution in [0.25, 0.3) is 0 Å². The lowest BCUT2D eigenvalue weighted by Gasteiger charge is -2.58. The predicted molar refractivity (Wildman–Crippen MR) is 116 cm³/mol. The third-order valence-corrected chi connectivity index (χ3v) is 9.34. The van der Waals surface area contributed by atoms with E-state index in [-0.39, 0.29) is 40.1 Å². The average Bonchev–Trinajstić information content (AvgIpc) is 2.99. The number of amides is 2. The standard InChI is InChI=1S/C25H40N2O2/c1-6-13-23(2,3)27-22(29)19-9-8-17-16-7-10-20-25(5,15-12-21(28)26-20)18(16)11-14-24(17,19)4/h12,15-20H,6-11,13-14H2,1-5H3,(H,26,28)(H,27,29)/t16-,17-,18+,19?,20?,24-,25+/m0/s1. The predicted octanol–water partition coefficient (Wildman–Crippen LogP) is 4.59. The van der Waals surface area contributed by atoms with E-state index in [0.29, 0.717) is 17.8 Å². The molecule has 3 fully saturated rings. The molecule has 1 heterocycles. The molecule has 162 valence electrons. The summed E-state index contributed by atoms with van der Waals surface area (Å²) in [7, 11) is 0. The smallest absolute Gasteiger partial charge is 0.243 e. The van der Waals surface area contributed by atoms with Crippen LogP contribution in [0.1, 0.15) is 86.0 Å². The maximum absolute atomic E-state index is 13.3. The van der Waals surface area contributed by atoms with Gasteiger partial charge in [-0.05, 0) is 88.0 Å². The Balaban J connectivity index is 1.54. The third-order valence-electron chi connectivity index (χ3n) is 9.34. The molecule has 2 N–H and O–H groups in total. The van der Waals surface area contributed by atoms with Crippen molar-refractivity contribution in [2.45, 2.75) is 97.6 Å². The van der Waals surface area contributed by atoms with E-state index in [9.17, 15) is 9.59 Å². The van der Waals surface area contributed by atoms with E-state index in [1.165, 1.54) is 19.3 Å². The highest BCUT2D eigenvalue weighted by molar-refractivity contribution is 5.89. The molecule has 4 heteroatoms. The number of nitrogens with one attached hydrogen (secondary N) is 2. The monoisotopic (exact) mass is 400 g/mol. The van der Waals surface area contributed by atoms with Crippen molar-refractivity contribution in [2.75, 3.05) is 0 Å². The number of carbonyl (C=O) groups excluding carboxylic acids is 2. The molecule has 0 spiro atoms. The summed E-state index contributed by atoms with van der Waals surface area (Å²) in [4.78, 5) is 25.2. The number of fused-ring (bicyclic) bond motifs is 5. The largest absolute Gasteiger partial charge is 0.351 e. The van der Waals surface area contributed by atoms with Crippen molar-refractivity contribution in [3.8, 4) is 0 Å². The molecule has 2 amide bonds. The summed E-state index contributed by atoms with van der Waals surface area (Å²) in [6, 6.07) is 0.279. The topological polar surface area (TPSA) is 58.2 Å². The molecule has 4 aliphatic rings. The fraction of sp³-hybridized carbons (Fsp3) is 0.840. The van der Waals surface area contributed by atoms with Gasteiger partial charge in [-0.2, -0.15) is 0 Å². The zero-order valence-electron chi connectivity index (χ0n) is 19.0. The average molecular weight is 401 g/mol. The van der Waals surface area contributed by atoms with Gasteiger partial charge in [0.05, 0.1) is 0 Å². The first-order valence-electron chi connectivity index (χ1n) is 11.9. The highest BCUT2D eigenvalue weighted by Gasteiger charge is 2.61. The third kappa shape index (κ3) is 3.35. The van der Waals surface area contributed by atoms with Gasteiger partial charge in [0.1, 0.15) is 0 Å². The lowest BCUT2D eigenvalue weighted by molar-refractivity contribution is -0.135. The molecule has 0 aromatic rings. The SMILES string of the molecule is CCCC(C)(C)NC(=O)C1CC[C@H]2[C@@H]3CCC4NC(=O)C=C[C@]4(C)[C@@H]3CC[C@]12C. The van der Waals surface area contributed by atoms with Crippen LogP contribution in [0.5, 0.6) is 0 Å². The van der Waals surface area contributed by atoms with E-state index in [4.69, 9.17) is 0 Å². The van der Waals surface area contributed by atoms with E-state index in [1.54, 1.807) is 6.08 Å². The van der Waals surface area contributed by atoms with Gasteiger partial charge in [0, 0.05) is 22.9 Å². The molecule has 2 unspecified atom stereocenters. The lowest BCUT2D eigenvalue weighted by atomic mass is 9.48. The minimum Gasteiger partial charge on any atom is -0.351 e. The van der Waals surface area contributed by atoms with E-state index in [1.807, 2.05) is 0 Å². The van der Waals surface area contributed by atoms with Gasteiger partial charge < -0.3 is 10.6 Å². The van der Waals surface area contributed by atoms with Crippen LogP contribution >= 0.6 is 0 Å². The minimum atomic E-state index is -0.117. The first-order valence-corrected chi connectivity index (χ1v) is 11.9. The Morgan fingerprint density at radius 1 is 1.17 bits per heavy atom. The highest BCUT2D eigenvalue weighted by Crippen LogP contribution is 2.65. The molecule has 3 aliphatic carbocycles. The molecule has 0 aromatic heterocycles. The highest BCUT2D eigenvalue weighted by atomic mass is 16.2. The second-order valence-electron chi connectivity index (χ2n) is 11.5. The molecule has 29 heavy (non-hydrogen) atoms. The van der Waals surface area contributed by atoms with Crippen molar-refractivity contribution < 1.29 is 9.59 Å². The lowest BCUT2D eigenvalue weighted by Crippen LogP contribution is -2.59. The van der Waals surface area contributed by atoms with Crippen molar-refractivity contribution in [3.63, 3.8) is 0 Å². The van der Waals surface area contributed by atoms with E-state index >= 15 is 0 Å². The minimum absolute atomic E-state index is 0.0684. The Morgan fingerprint density at radius 2 is 1.93 bits per heavy atom. The second-order valence-corrected chi connectivity index (χ2v) is 11.5. The molecule has 4 nitrogen and oxygen atoms in total. The summed E-state index contributed by atoms with van der Waals surface area (Å²) >= 11 is 0. The van der Waals surface area contributed by atoms with E-state index < -0.39 is 0 Å². The Kier molecular flexibility index (Phi) is 5.15. The van der Waals surface area contributed by atoms with E-state index in [0.717, 1.165) is 32.1 Å². The Hall–Kier alpha value is -1.32. The van der Waals surface area contributed by atoms with Gasteiger partial charge in [-0.15, -0.1) is 0 Å². The Morgan fingerprint density at radius 3 is 2.66 bits per heavy atom. The van der Waals surface area contributed by atoms with Gasteiger partial charge in [-0.25, -0.2) is 0 Å². The summed E-state index contributed by atoms with van der Waals surface area (Å²) in [6.45, 7) is 11.3. The molecule has 0 saturated heterocycles. The fourth-order valence-electron chi connectivity index (χ4n) is 7.87. The Bertz CT molecular complexity index is 714. The van der Waals surface area contributed by atoms with Crippen molar-refractivity contribution in [1.82, 2.24) is 10.6 Å². The van der Waals surface area contributed by atoms with Crippen LogP contribution in [0.3, 0.4) is 0 Å². The number of hydrogen-bond donors (Lipinski definition) is 2. The van der Waals surface area contributed by atoms with Crippen LogP contribution < -0.4 is 10.6 Å². The van der Waals surface area contributed by atoms with Crippen LogP contribution in [-0.2, 0) is 9.59 Å². The second kappa shape index (κ2) is 7.13. The summed E-state index contributed by atoms with van der Waals surface area (Å²) in [6.07, 6.45) is 12.9. The van der Waals surface area contributed by atoms with E-state index in [2.05, 4.69) is 51.3 Å². The van der Waals surface area contributed by atoms with Gasteiger partial charge in [-0.1, -0.05) is 33.3 Å². The summed E-state index contributed by atoms with van der Waals surface area (Å²) in [5, 5.41) is 6.63. The molecule has 7 atom stereocenters. The number of carbonyl (C=O) groups is 2. The molecule has 4 rings (SSSR count). The van der Waals surface area contributed by atoms with Crippen LogP contribution in [0.4, 0.5) is 0 Å². The normalized spacial score (nSPS) is 43.8. The van der Waals surface area contributed by atoms with Gasteiger partial charge in [0.2, 0.25) is 11.8 Å². The van der Waals surface area contributed by atoms with Gasteiger partial charge in [0.15, 0.2) is 0 Å². The molecule has 0 radical (unpaired) electrons. The maximum Gasteiger partial charge on any atom is 0.243 e. The van der Waals surface area contributed by atoms with Crippen molar-refractivity contribution in [3.05, 3.63) is 12.2 Å². The molecular weight excluding hydrogens is 360 g/mol. The molecule has 1 aliphatic heterocycles. The maximum atomic E-state index is 13.3. The summed E-state index contributed by atoms with van der Waals surface area (Å²) < 4.78 is 0. The fourth-order valence-corrected chi connectivity index (χ4v) is 7.87. The van der Waals surface area contributed by atoms with Crippen LogP contribution in [-0.4, -0.2) is 23.4 Å². The van der Waals surface area contributed by atoms with Gasteiger partial charge in [0.25, 0.3) is 0 Å². The van der Waals surface area contributed by atoms with Crippen LogP contribution in [0.15, 0.2) is 12.2 Å². The van der Waals surface area contributed by atoms with Gasteiger partial charge in [-0.3, -0.25) is 9.59 Å². The van der Waals surface area contributed by atoms with Crippen LogP contribution in [0.2, 0.25) is 0 Å². The molecular formula is C25H40N2O2. The quantitative estimate of drug-likeness (QED) is 0.725. The Labute approximate surface area is 176 Å². The number of rotatable bonds is 4. The number of hydrogen-bond acceptors (Lipinski definition) is 2. The molecule has 0 bridgehead atoms. The first-order chi connectivity index (χ1) is 13.6. The molecule has 3 saturated carbocycles. The zero-order valence-corrected chi connectivity index (χ0v) is 19.0. The van der Waals surface area contributed by atoms with Crippen molar-refractivity contribution in [1.29, 1.82) is 0 Å². The van der Waals surface area contributed by atoms with Crippen LogP contribution in [0, 0.1) is 34.5 Å². The van der Waals surface area contributed by atoms with Gasteiger partial charge >= 0.3 is 0 Å². The molecule has 0 aromatic carbocycles. The summed E-state index contributed by atoms with van der Waals surface area (Å²) in [5.74, 6) is 2.44. The summed E-state index contributed by atoms with van der Waals surface area (Å²) in [5.41, 5.74) is 0.0775. The first kappa shape index (κ1) is 20.9.